The van der Waals surface area contributed by atoms with Gasteiger partial charge in [0.1, 0.15) is 5.76 Å². The zero-order valence-corrected chi connectivity index (χ0v) is 16.7. The lowest BCUT2D eigenvalue weighted by atomic mass is 9.94. The molecule has 1 N–H and O–H groups in total. The second-order valence-electron chi connectivity index (χ2n) is 6.57. The number of rotatable bonds is 2. The molecule has 0 saturated carbocycles. The number of benzene rings is 1. The monoisotopic (exact) mass is 393 g/mol. The molecule has 0 atom stereocenters. The molecule has 0 radical (unpaired) electrons. The summed E-state index contributed by atoms with van der Waals surface area (Å²) in [6.07, 6.45) is 3.20. The van der Waals surface area contributed by atoms with Crippen LogP contribution in [0.15, 0.2) is 22.6 Å². The van der Waals surface area contributed by atoms with Crippen LogP contribution in [0.3, 0.4) is 0 Å². The molecule has 4 rings (SSSR count). The number of amides is 1. The number of furan rings is 1. The average Bonchev–Trinajstić information content (AvgIpc) is 3.17. The predicted molar refractivity (Wildman–Crippen MR) is 107 cm³/mol. The van der Waals surface area contributed by atoms with E-state index < -0.39 is 0 Å². The van der Waals surface area contributed by atoms with Crippen LogP contribution in [0.25, 0.3) is 0 Å². The molecule has 1 aromatic heterocycles. The SMILES string of the molecule is Cc1ccc(Cl)cc1NC(=O)c1oc2c(c1C)C1(CCC2)SCCS1. The van der Waals surface area contributed by atoms with Crippen molar-refractivity contribution in [3.63, 3.8) is 0 Å². The summed E-state index contributed by atoms with van der Waals surface area (Å²) in [5, 5.41) is 3.57. The standard InChI is InChI=1S/C19H20ClNO2S2/c1-11-5-6-13(20)10-14(11)21-18(22)17-12(2)16-15(23-17)4-3-7-19(16)24-8-9-25-19/h5-6,10H,3-4,7-9H2,1-2H3,(H,21,22). The maximum Gasteiger partial charge on any atom is 0.291 e. The number of carbonyl (C=O) groups is 1. The molecule has 25 heavy (non-hydrogen) atoms. The molecule has 1 spiro atoms. The summed E-state index contributed by atoms with van der Waals surface area (Å²) in [5.74, 6) is 3.58. The van der Waals surface area contributed by atoms with Crippen LogP contribution in [0.1, 0.15) is 45.8 Å². The van der Waals surface area contributed by atoms with E-state index in [9.17, 15) is 4.79 Å². The van der Waals surface area contributed by atoms with Gasteiger partial charge in [-0.15, -0.1) is 23.5 Å². The predicted octanol–water partition coefficient (Wildman–Crippen LogP) is 5.77. The minimum absolute atomic E-state index is 0.0890. The zero-order valence-electron chi connectivity index (χ0n) is 14.3. The third kappa shape index (κ3) is 3.00. The van der Waals surface area contributed by atoms with Crippen molar-refractivity contribution in [2.45, 2.75) is 37.2 Å². The van der Waals surface area contributed by atoms with E-state index >= 15 is 0 Å². The van der Waals surface area contributed by atoms with Crippen LogP contribution in [-0.4, -0.2) is 17.4 Å². The lowest BCUT2D eigenvalue weighted by molar-refractivity contribution is 0.0994. The molecule has 3 nitrogen and oxygen atoms in total. The van der Waals surface area contributed by atoms with Crippen LogP contribution in [-0.2, 0) is 10.5 Å². The number of fused-ring (bicyclic) bond motifs is 2. The molecule has 1 aliphatic heterocycles. The van der Waals surface area contributed by atoms with Gasteiger partial charge in [0.15, 0.2) is 5.76 Å². The first-order valence-electron chi connectivity index (χ1n) is 8.48. The maximum atomic E-state index is 12.9. The van der Waals surface area contributed by atoms with E-state index in [4.69, 9.17) is 16.0 Å². The summed E-state index contributed by atoms with van der Waals surface area (Å²) in [6.45, 7) is 3.97. The summed E-state index contributed by atoms with van der Waals surface area (Å²) >= 11 is 10.1. The number of hydrogen-bond donors (Lipinski definition) is 1. The Morgan fingerprint density at radius 3 is 2.80 bits per heavy atom. The van der Waals surface area contributed by atoms with Crippen LogP contribution < -0.4 is 5.32 Å². The van der Waals surface area contributed by atoms with Crippen molar-refractivity contribution in [1.82, 2.24) is 0 Å². The Bertz CT molecular complexity index is 840. The van der Waals surface area contributed by atoms with E-state index in [0.717, 1.165) is 53.3 Å². The van der Waals surface area contributed by atoms with Gasteiger partial charge >= 0.3 is 0 Å². The molecule has 1 aliphatic carbocycles. The molecule has 6 heteroatoms. The minimum Gasteiger partial charge on any atom is -0.455 e. The van der Waals surface area contributed by atoms with Crippen molar-refractivity contribution < 1.29 is 9.21 Å². The van der Waals surface area contributed by atoms with Gasteiger partial charge in [-0.1, -0.05) is 17.7 Å². The number of thioether (sulfide) groups is 2. The van der Waals surface area contributed by atoms with Crippen LogP contribution in [0.5, 0.6) is 0 Å². The smallest absolute Gasteiger partial charge is 0.291 e. The van der Waals surface area contributed by atoms with Gasteiger partial charge in [-0.05, 0) is 44.4 Å². The van der Waals surface area contributed by atoms with Crippen molar-refractivity contribution in [1.29, 1.82) is 0 Å². The minimum atomic E-state index is -0.194. The van der Waals surface area contributed by atoms with Gasteiger partial charge < -0.3 is 9.73 Å². The fourth-order valence-electron chi connectivity index (χ4n) is 3.72. The van der Waals surface area contributed by atoms with Gasteiger partial charge in [-0.3, -0.25) is 4.79 Å². The highest BCUT2D eigenvalue weighted by molar-refractivity contribution is 8.20. The second kappa shape index (κ2) is 6.60. The topological polar surface area (TPSA) is 42.2 Å². The Kier molecular flexibility index (Phi) is 4.59. The van der Waals surface area contributed by atoms with Gasteiger partial charge in [-0.2, -0.15) is 0 Å². The highest BCUT2D eigenvalue weighted by Gasteiger charge is 2.45. The molecule has 2 aliphatic rings. The van der Waals surface area contributed by atoms with E-state index in [1.54, 1.807) is 6.07 Å². The molecule has 1 fully saturated rings. The van der Waals surface area contributed by atoms with Gasteiger partial charge in [0.2, 0.25) is 0 Å². The first-order chi connectivity index (χ1) is 12.0. The molecule has 1 amide bonds. The summed E-state index contributed by atoms with van der Waals surface area (Å²) in [5.41, 5.74) is 3.96. The van der Waals surface area contributed by atoms with Crippen molar-refractivity contribution in [3.05, 3.63) is 51.4 Å². The second-order valence-corrected chi connectivity index (χ2v) is 10.1. The first-order valence-corrected chi connectivity index (χ1v) is 10.8. The molecule has 2 heterocycles. The molecule has 1 saturated heterocycles. The highest BCUT2D eigenvalue weighted by Crippen LogP contribution is 2.59. The fourth-order valence-corrected chi connectivity index (χ4v) is 7.45. The Morgan fingerprint density at radius 1 is 1.28 bits per heavy atom. The molecule has 132 valence electrons. The summed E-state index contributed by atoms with van der Waals surface area (Å²) in [6, 6.07) is 5.50. The van der Waals surface area contributed by atoms with Gasteiger partial charge in [0.05, 0.1) is 4.08 Å². The van der Waals surface area contributed by atoms with E-state index in [-0.39, 0.29) is 9.99 Å². The van der Waals surface area contributed by atoms with Crippen LogP contribution in [0.2, 0.25) is 5.02 Å². The molecule has 2 aromatic rings. The van der Waals surface area contributed by atoms with E-state index in [1.807, 2.05) is 49.5 Å². The van der Waals surface area contributed by atoms with Crippen LogP contribution in [0, 0.1) is 13.8 Å². The van der Waals surface area contributed by atoms with Crippen molar-refractivity contribution in [3.8, 4) is 0 Å². The Morgan fingerprint density at radius 2 is 2.04 bits per heavy atom. The largest absolute Gasteiger partial charge is 0.455 e. The fraction of sp³-hybridized carbons (Fsp3) is 0.421. The summed E-state index contributed by atoms with van der Waals surface area (Å²) in [4.78, 5) is 12.9. The lowest BCUT2D eigenvalue weighted by Crippen LogP contribution is -2.21. The first kappa shape index (κ1) is 17.4. The van der Waals surface area contributed by atoms with Gasteiger partial charge in [0.25, 0.3) is 5.91 Å². The summed E-state index contributed by atoms with van der Waals surface area (Å²) < 4.78 is 6.14. The number of nitrogens with one attached hydrogen (secondary N) is 1. The van der Waals surface area contributed by atoms with Crippen LogP contribution in [0.4, 0.5) is 5.69 Å². The number of anilines is 1. The molecule has 1 aromatic carbocycles. The quantitative estimate of drug-likeness (QED) is 0.703. The zero-order chi connectivity index (χ0) is 17.6. The Balaban J connectivity index is 1.69. The third-order valence-corrected chi connectivity index (χ3v) is 8.68. The maximum absolute atomic E-state index is 12.9. The molecular weight excluding hydrogens is 374 g/mol. The molecule has 0 bridgehead atoms. The highest BCUT2D eigenvalue weighted by atomic mass is 35.5. The average molecular weight is 394 g/mol. The number of hydrogen-bond acceptors (Lipinski definition) is 4. The number of carbonyl (C=O) groups excluding carboxylic acids is 1. The molecular formula is C19H20ClNO2S2. The van der Waals surface area contributed by atoms with E-state index in [2.05, 4.69) is 5.32 Å². The summed E-state index contributed by atoms with van der Waals surface area (Å²) in [7, 11) is 0. The third-order valence-electron chi connectivity index (χ3n) is 4.92. The lowest BCUT2D eigenvalue weighted by Gasteiger charge is -2.31. The van der Waals surface area contributed by atoms with E-state index in [1.165, 1.54) is 5.56 Å². The van der Waals surface area contributed by atoms with Crippen LogP contribution >= 0.6 is 35.1 Å². The Labute approximate surface area is 161 Å². The van der Waals surface area contributed by atoms with Gasteiger partial charge in [0, 0.05) is 39.8 Å². The Hall–Kier alpha value is -1.04. The number of aryl methyl sites for hydroxylation is 2. The van der Waals surface area contributed by atoms with Crippen molar-refractivity contribution >= 4 is 46.7 Å². The van der Waals surface area contributed by atoms with Crippen molar-refractivity contribution in [2.24, 2.45) is 0 Å². The molecule has 0 unspecified atom stereocenters. The number of halogens is 1. The van der Waals surface area contributed by atoms with Crippen molar-refractivity contribution in [2.75, 3.05) is 16.8 Å². The van der Waals surface area contributed by atoms with E-state index in [0.29, 0.717) is 10.8 Å². The van der Waals surface area contributed by atoms with Gasteiger partial charge in [-0.25, -0.2) is 0 Å². The normalized spacial score (nSPS) is 18.4.